The molecule has 1 aromatic rings. The number of hydrogen-bond donors (Lipinski definition) is 2. The van der Waals surface area contributed by atoms with Crippen molar-refractivity contribution in [1.29, 1.82) is 0 Å². The molecule has 3 fully saturated rings. The summed E-state index contributed by atoms with van der Waals surface area (Å²) in [5, 5.41) is 11.0. The molecule has 148 valence electrons. The summed E-state index contributed by atoms with van der Waals surface area (Å²) in [7, 11) is 0. The van der Waals surface area contributed by atoms with E-state index >= 15 is 0 Å². The van der Waals surface area contributed by atoms with Crippen LogP contribution < -0.4 is 10.6 Å². The van der Waals surface area contributed by atoms with Crippen molar-refractivity contribution in [3.63, 3.8) is 0 Å². The number of ether oxygens (including phenoxy) is 1. The van der Waals surface area contributed by atoms with Gasteiger partial charge in [0, 0.05) is 24.0 Å². The maximum absolute atomic E-state index is 6.70. The number of nitrogens with zero attached hydrogens (tertiary/aromatic N) is 1. The molecular formula is C22H33N3OS. The normalized spacial score (nSPS) is 42.1. The number of nitrogens with one attached hydrogen (secondary N) is 2. The number of hydrogen-bond acceptors (Lipinski definition) is 5. The second kappa shape index (κ2) is 8.32. The lowest BCUT2D eigenvalue weighted by molar-refractivity contribution is -0.0821. The van der Waals surface area contributed by atoms with E-state index in [1.165, 1.54) is 50.0 Å². The molecule has 2 aliphatic heterocycles. The molecular weight excluding hydrogens is 354 g/mol. The zero-order valence-corrected chi connectivity index (χ0v) is 17.0. The highest BCUT2D eigenvalue weighted by molar-refractivity contribution is 7.09. The van der Waals surface area contributed by atoms with Crippen LogP contribution in [-0.4, -0.2) is 36.4 Å². The quantitative estimate of drug-likeness (QED) is 0.765. The molecule has 3 heterocycles. The standard InChI is InChI=1S/C22H33N3OS/c1-2-6-16(7-3-1)26-20-9-5-4-8-17(20)15-12-18-19(22-23-10-11-27-22)14-25-21(18)24-13-15/h1-2,10-11,15-21,24-25H,3-9,12-14H2. The van der Waals surface area contributed by atoms with Crippen molar-refractivity contribution in [2.24, 2.45) is 17.8 Å². The van der Waals surface area contributed by atoms with Crippen LogP contribution in [0.25, 0.3) is 0 Å². The van der Waals surface area contributed by atoms with Crippen molar-refractivity contribution in [2.45, 2.75) is 75.7 Å². The fourth-order valence-corrected chi connectivity index (χ4v) is 6.82. The Hall–Kier alpha value is -0.750. The Kier molecular flexibility index (Phi) is 5.63. The predicted molar refractivity (Wildman–Crippen MR) is 110 cm³/mol. The minimum atomic E-state index is 0.459. The SMILES string of the molecule is C1=CCC(OC2CCCCC2C2CNC3NCC(c4nccs4)C3C2)CC1. The minimum Gasteiger partial charge on any atom is -0.374 e. The molecule has 1 aromatic heterocycles. The van der Waals surface area contributed by atoms with Gasteiger partial charge in [-0.15, -0.1) is 11.3 Å². The zero-order valence-electron chi connectivity index (χ0n) is 16.2. The Balaban J connectivity index is 1.27. The fourth-order valence-electron chi connectivity index (χ4n) is 6.01. The summed E-state index contributed by atoms with van der Waals surface area (Å²) in [4.78, 5) is 4.64. The lowest BCUT2D eigenvalue weighted by Gasteiger charge is -2.44. The molecule has 4 aliphatic rings. The van der Waals surface area contributed by atoms with Crippen molar-refractivity contribution in [2.75, 3.05) is 13.1 Å². The summed E-state index contributed by atoms with van der Waals surface area (Å²) in [6, 6.07) is 0. The Bertz CT molecular complexity index is 634. The van der Waals surface area contributed by atoms with Crippen molar-refractivity contribution in [3.8, 4) is 0 Å². The first kappa shape index (κ1) is 18.3. The highest BCUT2D eigenvalue weighted by atomic mass is 32.1. The summed E-state index contributed by atoms with van der Waals surface area (Å²) < 4.78 is 6.70. The monoisotopic (exact) mass is 387 g/mol. The molecule has 7 unspecified atom stereocenters. The summed E-state index contributed by atoms with van der Waals surface area (Å²) in [6.07, 6.45) is 18.2. The molecule has 2 aliphatic carbocycles. The van der Waals surface area contributed by atoms with Crippen LogP contribution in [0.4, 0.5) is 0 Å². The molecule has 5 heteroatoms. The number of rotatable bonds is 4. The van der Waals surface area contributed by atoms with Gasteiger partial charge in [-0.2, -0.15) is 0 Å². The number of aromatic nitrogens is 1. The molecule has 2 N–H and O–H groups in total. The van der Waals surface area contributed by atoms with Gasteiger partial charge in [-0.05, 0) is 62.8 Å². The zero-order chi connectivity index (χ0) is 18.1. The van der Waals surface area contributed by atoms with Crippen molar-refractivity contribution in [3.05, 3.63) is 28.7 Å². The van der Waals surface area contributed by atoms with Crippen LogP contribution in [0.1, 0.15) is 62.3 Å². The van der Waals surface area contributed by atoms with E-state index in [4.69, 9.17) is 4.74 Å². The van der Waals surface area contributed by atoms with Gasteiger partial charge in [0.15, 0.2) is 0 Å². The third kappa shape index (κ3) is 3.89. The van der Waals surface area contributed by atoms with Crippen LogP contribution in [0.2, 0.25) is 0 Å². The molecule has 0 radical (unpaired) electrons. The van der Waals surface area contributed by atoms with E-state index in [1.54, 1.807) is 0 Å². The second-order valence-electron chi connectivity index (χ2n) is 8.96. The summed E-state index contributed by atoms with van der Waals surface area (Å²) >= 11 is 1.83. The van der Waals surface area contributed by atoms with Gasteiger partial charge in [-0.3, -0.25) is 0 Å². The average Bonchev–Trinajstić information content (AvgIpc) is 3.38. The lowest BCUT2D eigenvalue weighted by atomic mass is 9.71. The van der Waals surface area contributed by atoms with Gasteiger partial charge < -0.3 is 15.4 Å². The van der Waals surface area contributed by atoms with Crippen molar-refractivity contribution < 1.29 is 4.74 Å². The van der Waals surface area contributed by atoms with Gasteiger partial charge >= 0.3 is 0 Å². The Morgan fingerprint density at radius 3 is 2.81 bits per heavy atom. The number of thiazole rings is 1. The number of allylic oxidation sites excluding steroid dienone is 1. The van der Waals surface area contributed by atoms with Crippen LogP contribution in [0.5, 0.6) is 0 Å². The van der Waals surface area contributed by atoms with Crippen LogP contribution in [0.15, 0.2) is 23.7 Å². The molecule has 0 spiro atoms. The summed E-state index contributed by atoms with van der Waals surface area (Å²) in [5.74, 6) is 2.74. The molecule has 5 rings (SSSR count). The second-order valence-corrected chi connectivity index (χ2v) is 9.89. The van der Waals surface area contributed by atoms with Gasteiger partial charge in [-0.1, -0.05) is 25.0 Å². The fraction of sp³-hybridized carbons (Fsp3) is 0.773. The van der Waals surface area contributed by atoms with Crippen LogP contribution in [0, 0.1) is 17.8 Å². The lowest BCUT2D eigenvalue weighted by Crippen LogP contribution is -2.52. The van der Waals surface area contributed by atoms with E-state index in [9.17, 15) is 0 Å². The first-order valence-corrected chi connectivity index (χ1v) is 11.9. The Morgan fingerprint density at radius 1 is 1.04 bits per heavy atom. The number of piperidine rings is 1. The summed E-state index contributed by atoms with van der Waals surface area (Å²) in [5.41, 5.74) is 0. The molecule has 0 bridgehead atoms. The number of fused-ring (bicyclic) bond motifs is 1. The van der Waals surface area contributed by atoms with Gasteiger partial charge in [-0.25, -0.2) is 4.98 Å². The maximum Gasteiger partial charge on any atom is 0.0972 e. The van der Waals surface area contributed by atoms with E-state index in [2.05, 4.69) is 33.1 Å². The Morgan fingerprint density at radius 2 is 1.96 bits per heavy atom. The molecule has 2 saturated heterocycles. The van der Waals surface area contributed by atoms with Gasteiger partial charge in [0.25, 0.3) is 0 Å². The molecule has 27 heavy (non-hydrogen) atoms. The van der Waals surface area contributed by atoms with Crippen LogP contribution in [-0.2, 0) is 4.74 Å². The third-order valence-corrected chi connectivity index (χ3v) is 8.30. The van der Waals surface area contributed by atoms with E-state index in [1.807, 2.05) is 17.5 Å². The highest BCUT2D eigenvalue weighted by Crippen LogP contribution is 2.43. The van der Waals surface area contributed by atoms with E-state index in [0.29, 0.717) is 30.2 Å². The van der Waals surface area contributed by atoms with E-state index in [0.717, 1.165) is 31.3 Å². The van der Waals surface area contributed by atoms with Gasteiger partial charge in [0.1, 0.15) is 0 Å². The van der Waals surface area contributed by atoms with Crippen LogP contribution in [0.3, 0.4) is 0 Å². The van der Waals surface area contributed by atoms with Crippen molar-refractivity contribution in [1.82, 2.24) is 15.6 Å². The highest BCUT2D eigenvalue weighted by Gasteiger charge is 2.45. The van der Waals surface area contributed by atoms with E-state index in [-0.39, 0.29) is 0 Å². The predicted octanol–water partition coefficient (Wildman–Crippen LogP) is 4.07. The van der Waals surface area contributed by atoms with Crippen LogP contribution >= 0.6 is 11.3 Å². The average molecular weight is 388 g/mol. The largest absolute Gasteiger partial charge is 0.374 e. The van der Waals surface area contributed by atoms with Gasteiger partial charge in [0.2, 0.25) is 0 Å². The molecule has 7 atom stereocenters. The topological polar surface area (TPSA) is 46.2 Å². The molecule has 4 nitrogen and oxygen atoms in total. The maximum atomic E-state index is 6.70. The summed E-state index contributed by atoms with van der Waals surface area (Å²) in [6.45, 7) is 2.22. The first-order valence-electron chi connectivity index (χ1n) is 11.0. The van der Waals surface area contributed by atoms with Gasteiger partial charge in [0.05, 0.1) is 23.4 Å². The Labute approximate surface area is 167 Å². The van der Waals surface area contributed by atoms with E-state index < -0.39 is 0 Å². The molecule has 0 amide bonds. The molecule has 1 saturated carbocycles. The third-order valence-electron chi connectivity index (χ3n) is 7.39. The first-order chi connectivity index (χ1) is 13.4. The minimum absolute atomic E-state index is 0.459. The smallest absolute Gasteiger partial charge is 0.0972 e. The van der Waals surface area contributed by atoms with Crippen molar-refractivity contribution >= 4 is 11.3 Å². The molecule has 0 aromatic carbocycles.